The van der Waals surface area contributed by atoms with E-state index in [9.17, 15) is 4.79 Å². The van der Waals surface area contributed by atoms with E-state index in [0.29, 0.717) is 39.5 Å². The van der Waals surface area contributed by atoms with Crippen molar-refractivity contribution in [3.05, 3.63) is 79.3 Å². The van der Waals surface area contributed by atoms with Gasteiger partial charge in [0.25, 0.3) is 5.56 Å². The molecule has 144 valence electrons. The lowest BCUT2D eigenvalue weighted by Gasteiger charge is -2.31. The van der Waals surface area contributed by atoms with E-state index in [2.05, 4.69) is 4.90 Å². The second kappa shape index (κ2) is 7.15. The number of fused-ring (bicyclic) bond motifs is 1. The normalized spacial score (nSPS) is 13.5. The number of nitrogens with two attached hydrogens (primary N) is 1. The standard InChI is InChI=1S/C21H20Cl2N4O/c1-12-20(26-9-8-14-10-16(24)7-6-15(14)11-26)25-13(2)27(21(12)28)18-5-3-4-17(22)19(18)23/h3-7,10H,8-9,11,24H2,1-2H3. The molecule has 0 bridgehead atoms. The number of aromatic nitrogens is 2. The van der Waals surface area contributed by atoms with Crippen molar-refractivity contribution >= 4 is 34.7 Å². The smallest absolute Gasteiger partial charge is 0.263 e. The number of nitrogens with zero attached hydrogens (tertiary/aromatic N) is 3. The molecule has 3 aromatic rings. The number of anilines is 2. The zero-order valence-electron chi connectivity index (χ0n) is 15.7. The van der Waals surface area contributed by atoms with E-state index in [1.807, 2.05) is 18.2 Å². The third-order valence-electron chi connectivity index (χ3n) is 5.16. The van der Waals surface area contributed by atoms with Gasteiger partial charge in [0, 0.05) is 18.8 Å². The first-order chi connectivity index (χ1) is 13.4. The lowest BCUT2D eigenvalue weighted by Crippen LogP contribution is -2.35. The van der Waals surface area contributed by atoms with Crippen molar-refractivity contribution in [1.82, 2.24) is 9.55 Å². The van der Waals surface area contributed by atoms with Crippen molar-refractivity contribution in [2.24, 2.45) is 0 Å². The van der Waals surface area contributed by atoms with E-state index >= 15 is 0 Å². The van der Waals surface area contributed by atoms with Gasteiger partial charge in [0.05, 0.1) is 21.3 Å². The first kappa shape index (κ1) is 18.8. The van der Waals surface area contributed by atoms with Crippen LogP contribution in [0.3, 0.4) is 0 Å². The Morgan fingerprint density at radius 2 is 1.89 bits per heavy atom. The molecule has 0 saturated carbocycles. The summed E-state index contributed by atoms with van der Waals surface area (Å²) in [4.78, 5) is 20.1. The average Bonchev–Trinajstić information content (AvgIpc) is 2.67. The Morgan fingerprint density at radius 1 is 1.11 bits per heavy atom. The van der Waals surface area contributed by atoms with Crippen molar-refractivity contribution in [2.75, 3.05) is 17.2 Å². The molecule has 1 aromatic heterocycles. The fourth-order valence-electron chi connectivity index (χ4n) is 3.71. The number of hydrogen-bond donors (Lipinski definition) is 1. The lowest BCUT2D eigenvalue weighted by atomic mass is 9.99. The van der Waals surface area contributed by atoms with Gasteiger partial charge < -0.3 is 10.6 Å². The minimum absolute atomic E-state index is 0.144. The van der Waals surface area contributed by atoms with Gasteiger partial charge in [-0.15, -0.1) is 0 Å². The van der Waals surface area contributed by atoms with Crippen LogP contribution < -0.4 is 16.2 Å². The number of halogens is 2. The Kier molecular flexibility index (Phi) is 4.81. The third kappa shape index (κ3) is 3.15. The summed E-state index contributed by atoms with van der Waals surface area (Å²) >= 11 is 12.5. The monoisotopic (exact) mass is 414 g/mol. The maximum atomic E-state index is 13.2. The molecular weight excluding hydrogens is 395 g/mol. The van der Waals surface area contributed by atoms with Crippen LogP contribution in [0.4, 0.5) is 11.5 Å². The Hall–Kier alpha value is -2.50. The van der Waals surface area contributed by atoms with Gasteiger partial charge in [-0.2, -0.15) is 0 Å². The fraction of sp³-hybridized carbons (Fsp3) is 0.238. The number of benzene rings is 2. The minimum atomic E-state index is -0.144. The van der Waals surface area contributed by atoms with E-state index in [-0.39, 0.29) is 5.56 Å². The summed E-state index contributed by atoms with van der Waals surface area (Å²) in [6.07, 6.45) is 0.865. The van der Waals surface area contributed by atoms with Gasteiger partial charge in [0.15, 0.2) is 0 Å². The summed E-state index contributed by atoms with van der Waals surface area (Å²) in [5.74, 6) is 1.28. The second-order valence-corrected chi connectivity index (χ2v) is 7.81. The first-order valence-electron chi connectivity index (χ1n) is 9.03. The summed E-state index contributed by atoms with van der Waals surface area (Å²) < 4.78 is 1.52. The first-order valence-corrected chi connectivity index (χ1v) is 9.79. The number of aryl methyl sites for hydroxylation is 1. The van der Waals surface area contributed by atoms with E-state index in [0.717, 1.165) is 18.7 Å². The van der Waals surface area contributed by atoms with Crippen LogP contribution in [-0.4, -0.2) is 16.1 Å². The molecule has 2 heterocycles. The number of rotatable bonds is 2. The largest absolute Gasteiger partial charge is 0.399 e. The highest BCUT2D eigenvalue weighted by Crippen LogP contribution is 2.30. The third-order valence-corrected chi connectivity index (χ3v) is 5.97. The highest BCUT2D eigenvalue weighted by molar-refractivity contribution is 6.43. The van der Waals surface area contributed by atoms with Gasteiger partial charge in [-0.1, -0.05) is 35.3 Å². The summed E-state index contributed by atoms with van der Waals surface area (Å²) in [5.41, 5.74) is 10.1. The summed E-state index contributed by atoms with van der Waals surface area (Å²) in [5, 5.41) is 0.743. The van der Waals surface area contributed by atoms with Crippen LogP contribution in [0.25, 0.3) is 5.69 Å². The van der Waals surface area contributed by atoms with Crippen LogP contribution in [0.2, 0.25) is 10.0 Å². The maximum absolute atomic E-state index is 13.2. The molecule has 0 unspecified atom stereocenters. The van der Waals surface area contributed by atoms with Crippen LogP contribution >= 0.6 is 23.2 Å². The van der Waals surface area contributed by atoms with Crippen LogP contribution in [0.5, 0.6) is 0 Å². The SMILES string of the molecule is Cc1c(N2CCc3cc(N)ccc3C2)nc(C)n(-c2cccc(Cl)c2Cl)c1=O. The summed E-state index contributed by atoms with van der Waals surface area (Å²) in [6.45, 7) is 5.09. The van der Waals surface area contributed by atoms with Crippen molar-refractivity contribution in [3.8, 4) is 5.69 Å². The molecule has 1 aliphatic rings. The quantitative estimate of drug-likeness (QED) is 0.634. The average molecular weight is 415 g/mol. The molecule has 0 spiro atoms. The fourth-order valence-corrected chi connectivity index (χ4v) is 4.09. The highest BCUT2D eigenvalue weighted by atomic mass is 35.5. The van der Waals surface area contributed by atoms with E-state index in [1.165, 1.54) is 15.7 Å². The molecule has 2 N–H and O–H groups in total. The topological polar surface area (TPSA) is 64.2 Å². The van der Waals surface area contributed by atoms with Gasteiger partial charge in [-0.3, -0.25) is 9.36 Å². The molecule has 0 radical (unpaired) electrons. The van der Waals surface area contributed by atoms with Crippen molar-refractivity contribution in [3.63, 3.8) is 0 Å². The highest BCUT2D eigenvalue weighted by Gasteiger charge is 2.23. The van der Waals surface area contributed by atoms with Crippen LogP contribution in [0, 0.1) is 13.8 Å². The molecule has 0 aliphatic carbocycles. The van der Waals surface area contributed by atoms with Crippen molar-refractivity contribution in [1.29, 1.82) is 0 Å². The Morgan fingerprint density at radius 3 is 2.68 bits per heavy atom. The number of nitrogen functional groups attached to an aromatic ring is 1. The Balaban J connectivity index is 1.78. The van der Waals surface area contributed by atoms with Gasteiger partial charge in [-0.25, -0.2) is 4.98 Å². The van der Waals surface area contributed by atoms with Gasteiger partial charge in [0.1, 0.15) is 11.6 Å². The van der Waals surface area contributed by atoms with Crippen LogP contribution in [0.15, 0.2) is 41.2 Å². The van der Waals surface area contributed by atoms with Crippen molar-refractivity contribution in [2.45, 2.75) is 26.8 Å². The van der Waals surface area contributed by atoms with E-state index < -0.39 is 0 Å². The van der Waals surface area contributed by atoms with E-state index in [4.69, 9.17) is 33.9 Å². The number of hydrogen-bond acceptors (Lipinski definition) is 4. The molecule has 0 atom stereocenters. The molecule has 1 aliphatic heterocycles. The molecule has 28 heavy (non-hydrogen) atoms. The molecular formula is C21H20Cl2N4O. The Bertz CT molecular complexity index is 1140. The molecule has 5 nitrogen and oxygen atoms in total. The molecule has 0 amide bonds. The zero-order valence-corrected chi connectivity index (χ0v) is 17.2. The van der Waals surface area contributed by atoms with Crippen molar-refractivity contribution < 1.29 is 0 Å². The molecule has 2 aromatic carbocycles. The minimum Gasteiger partial charge on any atom is -0.399 e. The summed E-state index contributed by atoms with van der Waals surface area (Å²) in [7, 11) is 0. The molecule has 0 fully saturated rings. The molecule has 4 rings (SSSR count). The summed E-state index contributed by atoms with van der Waals surface area (Å²) in [6, 6.07) is 11.2. The van der Waals surface area contributed by atoms with Gasteiger partial charge >= 0.3 is 0 Å². The van der Waals surface area contributed by atoms with Gasteiger partial charge in [0.2, 0.25) is 0 Å². The van der Waals surface area contributed by atoms with Crippen LogP contribution in [0.1, 0.15) is 22.5 Å². The predicted molar refractivity (Wildman–Crippen MR) is 115 cm³/mol. The van der Waals surface area contributed by atoms with Crippen LogP contribution in [-0.2, 0) is 13.0 Å². The predicted octanol–water partition coefficient (Wildman–Crippen LogP) is 4.30. The van der Waals surface area contributed by atoms with E-state index in [1.54, 1.807) is 32.0 Å². The molecule has 7 heteroatoms. The molecule has 0 saturated heterocycles. The van der Waals surface area contributed by atoms with Gasteiger partial charge in [-0.05, 0) is 55.7 Å². The zero-order chi connectivity index (χ0) is 20.0. The Labute approximate surface area is 173 Å². The second-order valence-electron chi connectivity index (χ2n) is 7.02. The maximum Gasteiger partial charge on any atom is 0.263 e. The lowest BCUT2D eigenvalue weighted by molar-refractivity contribution is 0.705.